The van der Waals surface area contributed by atoms with Gasteiger partial charge in [0.2, 0.25) is 0 Å². The molecule has 1 aliphatic heterocycles. The molecule has 1 amide bonds. The van der Waals surface area contributed by atoms with Crippen LogP contribution in [0.1, 0.15) is 23.3 Å². The third-order valence-corrected chi connectivity index (χ3v) is 3.89. The zero-order chi connectivity index (χ0) is 13.9. The highest BCUT2D eigenvalue weighted by Crippen LogP contribution is 2.30. The Kier molecular flexibility index (Phi) is 4.03. The van der Waals surface area contributed by atoms with Gasteiger partial charge in [-0.2, -0.15) is 0 Å². The number of likely N-dealkylation sites (N-methyl/N-ethyl adjacent to an activating group) is 1. The lowest BCUT2D eigenvalue weighted by atomic mass is 10.2. The smallest absolute Gasteiger partial charge is 0.276 e. The lowest BCUT2D eigenvalue weighted by Crippen LogP contribution is -2.48. The lowest BCUT2D eigenvalue weighted by Gasteiger charge is -2.33. The summed E-state index contributed by atoms with van der Waals surface area (Å²) in [6, 6.07) is 1.62. The Morgan fingerprint density at radius 3 is 3.00 bits per heavy atom. The molecule has 1 aromatic heterocycles. The quantitative estimate of drug-likeness (QED) is 0.800. The van der Waals surface area contributed by atoms with Crippen molar-refractivity contribution in [3.05, 3.63) is 18.0 Å². The standard InChI is InChI=1S/C14H21N3O3/c1-16-5-7-19-12(9-16)10-17(8-11-2-3-11)14(18)13-4-6-20-15-13/h4,6,11-12H,2-3,5,7-10H2,1H3. The van der Waals surface area contributed by atoms with Crippen LogP contribution in [-0.4, -0.2) is 66.8 Å². The van der Waals surface area contributed by atoms with Gasteiger partial charge >= 0.3 is 0 Å². The van der Waals surface area contributed by atoms with E-state index in [1.165, 1.54) is 19.1 Å². The van der Waals surface area contributed by atoms with Crippen LogP contribution >= 0.6 is 0 Å². The predicted octanol–water partition coefficient (Wildman–Crippen LogP) is 0.857. The fraction of sp³-hybridized carbons (Fsp3) is 0.714. The Hall–Kier alpha value is -1.40. The van der Waals surface area contributed by atoms with E-state index in [0.29, 0.717) is 18.2 Å². The van der Waals surface area contributed by atoms with E-state index in [1.807, 2.05) is 4.90 Å². The fourth-order valence-electron chi connectivity index (χ4n) is 2.56. The fourth-order valence-corrected chi connectivity index (χ4v) is 2.56. The van der Waals surface area contributed by atoms with Gasteiger partial charge in [0, 0.05) is 32.2 Å². The number of rotatable bonds is 5. The number of morpholine rings is 1. The largest absolute Gasteiger partial charge is 0.374 e. The summed E-state index contributed by atoms with van der Waals surface area (Å²) in [6.07, 6.45) is 3.96. The number of hydrogen-bond acceptors (Lipinski definition) is 5. The summed E-state index contributed by atoms with van der Waals surface area (Å²) >= 11 is 0. The summed E-state index contributed by atoms with van der Waals surface area (Å²) in [5.41, 5.74) is 0.384. The van der Waals surface area contributed by atoms with Crippen molar-refractivity contribution in [2.75, 3.05) is 39.8 Å². The van der Waals surface area contributed by atoms with E-state index >= 15 is 0 Å². The van der Waals surface area contributed by atoms with E-state index < -0.39 is 0 Å². The molecular weight excluding hydrogens is 258 g/mol. The molecule has 1 aliphatic carbocycles. The first-order valence-corrected chi connectivity index (χ1v) is 7.22. The van der Waals surface area contributed by atoms with Gasteiger partial charge in [0.05, 0.1) is 12.7 Å². The number of carbonyl (C=O) groups excluding carboxylic acids is 1. The molecule has 0 bridgehead atoms. The van der Waals surface area contributed by atoms with Crippen LogP contribution in [0.5, 0.6) is 0 Å². The van der Waals surface area contributed by atoms with Crippen LogP contribution in [0.25, 0.3) is 0 Å². The third-order valence-electron chi connectivity index (χ3n) is 3.89. The van der Waals surface area contributed by atoms with Gasteiger partial charge in [-0.3, -0.25) is 4.79 Å². The zero-order valence-corrected chi connectivity index (χ0v) is 11.8. The van der Waals surface area contributed by atoms with Crippen molar-refractivity contribution in [1.29, 1.82) is 0 Å². The summed E-state index contributed by atoms with van der Waals surface area (Å²) in [5, 5.41) is 3.76. The van der Waals surface area contributed by atoms with Gasteiger partial charge in [-0.15, -0.1) is 0 Å². The molecule has 1 atom stereocenters. The molecule has 0 radical (unpaired) electrons. The molecule has 2 aliphatic rings. The molecule has 0 aromatic carbocycles. The van der Waals surface area contributed by atoms with Gasteiger partial charge in [0.1, 0.15) is 6.26 Å². The summed E-state index contributed by atoms with van der Waals surface area (Å²) in [7, 11) is 2.08. The SMILES string of the molecule is CN1CCOC(CN(CC2CC2)C(=O)c2ccon2)C1. The summed E-state index contributed by atoms with van der Waals surface area (Å²) in [4.78, 5) is 16.6. The molecule has 2 fully saturated rings. The average molecular weight is 279 g/mol. The summed E-state index contributed by atoms with van der Waals surface area (Å²) in [6.45, 7) is 3.99. The van der Waals surface area contributed by atoms with Gasteiger partial charge in [-0.25, -0.2) is 0 Å². The number of aromatic nitrogens is 1. The average Bonchev–Trinajstić information content (AvgIpc) is 3.08. The molecule has 0 spiro atoms. The van der Waals surface area contributed by atoms with E-state index in [0.717, 1.165) is 26.2 Å². The maximum Gasteiger partial charge on any atom is 0.276 e. The summed E-state index contributed by atoms with van der Waals surface area (Å²) < 4.78 is 10.5. The first-order valence-electron chi connectivity index (χ1n) is 7.22. The van der Waals surface area contributed by atoms with Crippen molar-refractivity contribution in [3.63, 3.8) is 0 Å². The van der Waals surface area contributed by atoms with E-state index in [9.17, 15) is 4.79 Å². The monoisotopic (exact) mass is 279 g/mol. The van der Waals surface area contributed by atoms with Crippen molar-refractivity contribution >= 4 is 5.91 Å². The first kappa shape index (κ1) is 13.6. The Labute approximate surface area is 118 Å². The predicted molar refractivity (Wildman–Crippen MR) is 72.4 cm³/mol. The molecule has 6 nitrogen and oxygen atoms in total. The zero-order valence-electron chi connectivity index (χ0n) is 11.8. The molecule has 2 heterocycles. The normalized spacial score (nSPS) is 23.8. The van der Waals surface area contributed by atoms with Gasteiger partial charge in [-0.1, -0.05) is 5.16 Å². The lowest BCUT2D eigenvalue weighted by molar-refractivity contribution is -0.0332. The molecule has 1 saturated heterocycles. The highest BCUT2D eigenvalue weighted by Gasteiger charge is 2.31. The van der Waals surface area contributed by atoms with Crippen molar-refractivity contribution in [1.82, 2.24) is 15.0 Å². The van der Waals surface area contributed by atoms with Crippen LogP contribution in [-0.2, 0) is 4.74 Å². The van der Waals surface area contributed by atoms with Crippen LogP contribution in [0.2, 0.25) is 0 Å². The highest BCUT2D eigenvalue weighted by molar-refractivity contribution is 5.92. The third kappa shape index (κ3) is 3.37. The Morgan fingerprint density at radius 1 is 1.50 bits per heavy atom. The topological polar surface area (TPSA) is 58.8 Å². The number of hydrogen-bond donors (Lipinski definition) is 0. The van der Waals surface area contributed by atoms with E-state index in [1.54, 1.807) is 6.07 Å². The van der Waals surface area contributed by atoms with Gasteiger partial charge in [0.25, 0.3) is 5.91 Å². The number of carbonyl (C=O) groups is 1. The second kappa shape index (κ2) is 5.93. The van der Waals surface area contributed by atoms with Crippen molar-refractivity contribution < 1.29 is 14.1 Å². The molecular formula is C14H21N3O3. The minimum atomic E-state index is -0.0533. The molecule has 1 unspecified atom stereocenters. The van der Waals surface area contributed by atoms with Gasteiger partial charge in [-0.05, 0) is 25.8 Å². The van der Waals surface area contributed by atoms with Crippen molar-refractivity contribution in [2.24, 2.45) is 5.92 Å². The van der Waals surface area contributed by atoms with Crippen molar-refractivity contribution in [3.8, 4) is 0 Å². The van der Waals surface area contributed by atoms with E-state index in [2.05, 4.69) is 17.1 Å². The number of amides is 1. The number of ether oxygens (including phenoxy) is 1. The Balaban J connectivity index is 1.64. The molecule has 20 heavy (non-hydrogen) atoms. The molecule has 0 N–H and O–H groups in total. The molecule has 110 valence electrons. The van der Waals surface area contributed by atoms with Gasteiger partial charge in [0.15, 0.2) is 5.69 Å². The minimum absolute atomic E-state index is 0.0533. The first-order chi connectivity index (χ1) is 9.72. The highest BCUT2D eigenvalue weighted by atomic mass is 16.5. The van der Waals surface area contributed by atoms with Crippen LogP contribution in [0.3, 0.4) is 0 Å². The maximum atomic E-state index is 12.5. The second-order valence-electron chi connectivity index (χ2n) is 5.79. The van der Waals surface area contributed by atoms with Crippen LogP contribution in [0, 0.1) is 5.92 Å². The molecule has 1 saturated carbocycles. The molecule has 3 rings (SSSR count). The Morgan fingerprint density at radius 2 is 2.35 bits per heavy atom. The van der Waals surface area contributed by atoms with Crippen LogP contribution in [0.15, 0.2) is 16.9 Å². The van der Waals surface area contributed by atoms with E-state index in [-0.39, 0.29) is 12.0 Å². The molecule has 6 heteroatoms. The second-order valence-corrected chi connectivity index (χ2v) is 5.79. The Bertz CT molecular complexity index is 445. The van der Waals surface area contributed by atoms with Crippen LogP contribution < -0.4 is 0 Å². The molecule has 1 aromatic rings. The summed E-state index contributed by atoms with van der Waals surface area (Å²) in [5.74, 6) is 0.592. The minimum Gasteiger partial charge on any atom is -0.374 e. The van der Waals surface area contributed by atoms with Gasteiger partial charge < -0.3 is 19.1 Å². The van der Waals surface area contributed by atoms with E-state index in [4.69, 9.17) is 9.26 Å². The van der Waals surface area contributed by atoms with Crippen molar-refractivity contribution in [2.45, 2.75) is 18.9 Å². The van der Waals surface area contributed by atoms with Crippen LogP contribution in [0.4, 0.5) is 0 Å². The maximum absolute atomic E-state index is 12.5. The number of nitrogens with zero attached hydrogens (tertiary/aromatic N) is 3.